The predicted octanol–water partition coefficient (Wildman–Crippen LogP) is 1.59. The van der Waals surface area contributed by atoms with Gasteiger partial charge < -0.3 is 20.3 Å². The molecule has 6 nitrogen and oxygen atoms in total. The zero-order valence-electron chi connectivity index (χ0n) is 13.9. The van der Waals surface area contributed by atoms with Crippen molar-refractivity contribution in [3.05, 3.63) is 35.9 Å². The number of rotatable bonds is 3. The molecule has 130 valence electrons. The van der Waals surface area contributed by atoms with E-state index in [0.717, 1.165) is 18.5 Å². The highest BCUT2D eigenvalue weighted by atomic mass is 16.6. The first kappa shape index (κ1) is 16.8. The van der Waals surface area contributed by atoms with E-state index < -0.39 is 0 Å². The summed E-state index contributed by atoms with van der Waals surface area (Å²) in [7, 11) is 0. The molecule has 0 aromatic heterocycles. The van der Waals surface area contributed by atoms with Crippen LogP contribution in [0.2, 0.25) is 0 Å². The number of likely N-dealkylation sites (tertiary alicyclic amines) is 2. The van der Waals surface area contributed by atoms with Crippen molar-refractivity contribution >= 4 is 12.0 Å². The van der Waals surface area contributed by atoms with Gasteiger partial charge in [-0.3, -0.25) is 4.79 Å². The number of amides is 2. The lowest BCUT2D eigenvalue weighted by Gasteiger charge is -2.32. The molecule has 0 saturated carbocycles. The summed E-state index contributed by atoms with van der Waals surface area (Å²) >= 11 is 0. The SMILES string of the molecule is N[C@H]1CCN(C(=O)C2CCN(C(=O)OCc3ccccc3)CC2)C1. The Morgan fingerprint density at radius 1 is 1.04 bits per heavy atom. The van der Waals surface area contributed by atoms with Crippen LogP contribution in [0.3, 0.4) is 0 Å². The monoisotopic (exact) mass is 331 g/mol. The van der Waals surface area contributed by atoms with Gasteiger partial charge in [-0.25, -0.2) is 4.79 Å². The molecule has 0 unspecified atom stereocenters. The van der Waals surface area contributed by atoms with E-state index in [1.807, 2.05) is 35.2 Å². The second-order valence-electron chi connectivity index (χ2n) is 6.63. The minimum atomic E-state index is -0.298. The van der Waals surface area contributed by atoms with E-state index in [2.05, 4.69) is 0 Å². The predicted molar refractivity (Wildman–Crippen MR) is 90.1 cm³/mol. The van der Waals surface area contributed by atoms with Crippen molar-refractivity contribution in [1.82, 2.24) is 9.80 Å². The Balaban J connectivity index is 1.43. The standard InChI is InChI=1S/C18H25N3O3/c19-16-8-11-21(12-16)17(22)15-6-9-20(10-7-15)18(23)24-13-14-4-2-1-3-5-14/h1-5,15-16H,6-13,19H2/t16-/m0/s1. The quantitative estimate of drug-likeness (QED) is 0.913. The Morgan fingerprint density at radius 2 is 1.71 bits per heavy atom. The van der Waals surface area contributed by atoms with Crippen molar-refractivity contribution in [2.45, 2.75) is 31.9 Å². The number of ether oxygens (including phenoxy) is 1. The molecule has 2 heterocycles. The molecule has 2 saturated heterocycles. The van der Waals surface area contributed by atoms with Gasteiger partial charge in [-0.05, 0) is 24.8 Å². The van der Waals surface area contributed by atoms with Gasteiger partial charge in [0.05, 0.1) is 0 Å². The summed E-state index contributed by atoms with van der Waals surface area (Å²) in [5, 5.41) is 0. The number of nitrogens with zero attached hydrogens (tertiary/aromatic N) is 2. The maximum Gasteiger partial charge on any atom is 0.410 e. The maximum atomic E-state index is 12.5. The van der Waals surface area contributed by atoms with Crippen LogP contribution < -0.4 is 5.73 Å². The van der Waals surface area contributed by atoms with Gasteiger partial charge in [0.15, 0.2) is 0 Å². The topological polar surface area (TPSA) is 75.9 Å². The third-order valence-corrected chi connectivity index (χ3v) is 4.84. The summed E-state index contributed by atoms with van der Waals surface area (Å²) in [4.78, 5) is 28.2. The Kier molecular flexibility index (Phi) is 5.35. The highest BCUT2D eigenvalue weighted by Gasteiger charge is 2.33. The molecule has 2 aliphatic rings. The first-order valence-electron chi connectivity index (χ1n) is 8.63. The van der Waals surface area contributed by atoms with Crippen LogP contribution in [0.4, 0.5) is 4.79 Å². The molecule has 0 radical (unpaired) electrons. The van der Waals surface area contributed by atoms with Gasteiger partial charge >= 0.3 is 6.09 Å². The molecule has 0 bridgehead atoms. The first-order valence-corrected chi connectivity index (χ1v) is 8.63. The fourth-order valence-electron chi connectivity index (χ4n) is 3.37. The maximum absolute atomic E-state index is 12.5. The van der Waals surface area contributed by atoms with Crippen LogP contribution in [0.1, 0.15) is 24.8 Å². The van der Waals surface area contributed by atoms with E-state index in [1.165, 1.54) is 0 Å². The van der Waals surface area contributed by atoms with E-state index in [9.17, 15) is 9.59 Å². The van der Waals surface area contributed by atoms with Crippen molar-refractivity contribution in [1.29, 1.82) is 0 Å². The van der Waals surface area contributed by atoms with Crippen LogP contribution in [-0.2, 0) is 16.1 Å². The molecular formula is C18H25N3O3. The van der Waals surface area contributed by atoms with Crippen LogP contribution in [-0.4, -0.2) is 54.0 Å². The minimum Gasteiger partial charge on any atom is -0.445 e. The highest BCUT2D eigenvalue weighted by Crippen LogP contribution is 2.22. The number of hydrogen-bond acceptors (Lipinski definition) is 4. The molecule has 1 aromatic carbocycles. The molecule has 2 fully saturated rings. The molecule has 2 amide bonds. The number of benzene rings is 1. The van der Waals surface area contributed by atoms with E-state index in [-0.39, 0.29) is 30.6 Å². The lowest BCUT2D eigenvalue weighted by Crippen LogP contribution is -2.44. The summed E-state index contributed by atoms with van der Waals surface area (Å²) in [6.45, 7) is 2.86. The third-order valence-electron chi connectivity index (χ3n) is 4.84. The van der Waals surface area contributed by atoms with Crippen molar-refractivity contribution in [2.24, 2.45) is 11.7 Å². The molecular weight excluding hydrogens is 306 g/mol. The summed E-state index contributed by atoms with van der Waals surface area (Å²) in [6.07, 6.45) is 1.99. The number of piperidine rings is 1. The van der Waals surface area contributed by atoms with Gasteiger partial charge in [0, 0.05) is 38.1 Å². The van der Waals surface area contributed by atoms with E-state index >= 15 is 0 Å². The van der Waals surface area contributed by atoms with Gasteiger partial charge in [-0.2, -0.15) is 0 Å². The number of nitrogens with two attached hydrogens (primary N) is 1. The minimum absolute atomic E-state index is 0.00785. The molecule has 24 heavy (non-hydrogen) atoms. The van der Waals surface area contributed by atoms with Gasteiger partial charge in [-0.15, -0.1) is 0 Å². The smallest absolute Gasteiger partial charge is 0.410 e. The average Bonchev–Trinajstić information content (AvgIpc) is 3.06. The van der Waals surface area contributed by atoms with Crippen LogP contribution >= 0.6 is 0 Å². The summed E-state index contributed by atoms with van der Waals surface area (Å²) in [5.41, 5.74) is 6.85. The zero-order valence-corrected chi connectivity index (χ0v) is 13.9. The fourth-order valence-corrected chi connectivity index (χ4v) is 3.37. The molecule has 2 aliphatic heterocycles. The normalized spacial score (nSPS) is 21.8. The average molecular weight is 331 g/mol. The molecule has 6 heteroatoms. The molecule has 0 aliphatic carbocycles. The van der Waals surface area contributed by atoms with Crippen LogP contribution in [0, 0.1) is 5.92 Å². The number of carbonyl (C=O) groups is 2. The van der Waals surface area contributed by atoms with E-state index in [1.54, 1.807) is 4.90 Å². The molecule has 1 aromatic rings. The van der Waals surface area contributed by atoms with E-state index in [0.29, 0.717) is 32.5 Å². The Hall–Kier alpha value is -2.08. The fraction of sp³-hybridized carbons (Fsp3) is 0.556. The Morgan fingerprint density at radius 3 is 2.33 bits per heavy atom. The van der Waals surface area contributed by atoms with Crippen LogP contribution in [0.15, 0.2) is 30.3 Å². The van der Waals surface area contributed by atoms with Crippen LogP contribution in [0.25, 0.3) is 0 Å². The molecule has 1 atom stereocenters. The van der Waals surface area contributed by atoms with Gasteiger partial charge in [0.25, 0.3) is 0 Å². The van der Waals surface area contributed by atoms with Crippen molar-refractivity contribution in [2.75, 3.05) is 26.2 Å². The number of carbonyl (C=O) groups excluding carboxylic acids is 2. The largest absolute Gasteiger partial charge is 0.445 e. The van der Waals surface area contributed by atoms with Crippen LogP contribution in [0.5, 0.6) is 0 Å². The summed E-state index contributed by atoms with van der Waals surface area (Å²) in [5.74, 6) is 0.203. The molecule has 3 rings (SSSR count). The van der Waals surface area contributed by atoms with Crippen molar-refractivity contribution < 1.29 is 14.3 Å². The van der Waals surface area contributed by atoms with E-state index in [4.69, 9.17) is 10.5 Å². The third kappa shape index (κ3) is 4.06. The Bertz CT molecular complexity index is 570. The Labute approximate surface area is 142 Å². The summed E-state index contributed by atoms with van der Waals surface area (Å²) in [6, 6.07) is 9.75. The number of hydrogen-bond donors (Lipinski definition) is 1. The van der Waals surface area contributed by atoms with Crippen molar-refractivity contribution in [3.8, 4) is 0 Å². The second-order valence-corrected chi connectivity index (χ2v) is 6.63. The van der Waals surface area contributed by atoms with Gasteiger partial charge in [0.2, 0.25) is 5.91 Å². The highest BCUT2D eigenvalue weighted by molar-refractivity contribution is 5.79. The first-order chi connectivity index (χ1) is 11.6. The lowest BCUT2D eigenvalue weighted by atomic mass is 9.95. The molecule has 2 N–H and O–H groups in total. The van der Waals surface area contributed by atoms with Gasteiger partial charge in [0.1, 0.15) is 6.61 Å². The van der Waals surface area contributed by atoms with Gasteiger partial charge in [-0.1, -0.05) is 30.3 Å². The second kappa shape index (κ2) is 7.66. The lowest BCUT2D eigenvalue weighted by molar-refractivity contribution is -0.135. The molecule has 0 spiro atoms. The van der Waals surface area contributed by atoms with Crippen molar-refractivity contribution in [3.63, 3.8) is 0 Å². The summed E-state index contributed by atoms with van der Waals surface area (Å²) < 4.78 is 5.35. The zero-order chi connectivity index (χ0) is 16.9.